The number of benzene rings is 4. The van der Waals surface area contributed by atoms with E-state index in [1.807, 2.05) is 0 Å². The fraction of sp³-hybridized carbons (Fsp3) is 0.596. The first kappa shape index (κ1) is 79.4. The average Bonchev–Trinajstić information content (AvgIpc) is 1.24. The van der Waals surface area contributed by atoms with Gasteiger partial charge in [0, 0.05) is 26.4 Å². The van der Waals surface area contributed by atoms with E-state index < -0.39 is 25.0 Å². The van der Waals surface area contributed by atoms with Crippen LogP contribution in [0.25, 0.3) is 0 Å². The van der Waals surface area contributed by atoms with Crippen molar-refractivity contribution in [2.75, 3.05) is 26.4 Å². The molecule has 16 aliphatic rings. The largest absolute Gasteiger partial charge is 0.413 e. The molecule has 0 amide bonds. The van der Waals surface area contributed by atoms with E-state index in [9.17, 15) is 0 Å². The van der Waals surface area contributed by atoms with E-state index in [0.29, 0.717) is 24.4 Å². The van der Waals surface area contributed by atoms with Gasteiger partial charge in [-0.3, -0.25) is 0 Å². The summed E-state index contributed by atoms with van der Waals surface area (Å²) in [5.74, 6) is 21.7. The summed E-state index contributed by atoms with van der Waals surface area (Å²) in [5, 5.41) is 14.8. The van der Waals surface area contributed by atoms with Crippen molar-refractivity contribution in [2.45, 2.75) is 196 Å². The fourth-order valence-corrected chi connectivity index (χ4v) is 30.8. The molecule has 4 nitrogen and oxygen atoms in total. The molecule has 8 fully saturated rings. The van der Waals surface area contributed by atoms with Gasteiger partial charge in [0.25, 0.3) is 8.32 Å². The van der Waals surface area contributed by atoms with Crippen molar-refractivity contribution in [2.24, 2.45) is 148 Å². The molecule has 7 heteroatoms. The second-order valence-corrected chi connectivity index (χ2v) is 49.0. The van der Waals surface area contributed by atoms with Crippen LogP contribution in [0.5, 0.6) is 0 Å². The fourth-order valence-electron chi connectivity index (χ4n) is 23.1. The van der Waals surface area contributed by atoms with E-state index >= 15 is 0 Å². The van der Waals surface area contributed by atoms with Crippen molar-refractivity contribution >= 4 is 45.7 Å². The van der Waals surface area contributed by atoms with Crippen LogP contribution >= 0.6 is 0 Å². The molecule has 0 heterocycles. The Morgan fingerprint density at radius 3 is 0.915 bits per heavy atom. The summed E-state index contributed by atoms with van der Waals surface area (Å²) < 4.78 is 19.8. The third kappa shape index (κ3) is 19.4. The monoisotopic (exact) mass is 1480 g/mol. The van der Waals surface area contributed by atoms with Crippen LogP contribution in [0.2, 0.25) is 31.7 Å². The Balaban J connectivity index is 0.000000111. The number of hydrogen-bond acceptors (Lipinski definition) is 4. The minimum Gasteiger partial charge on any atom is -0.413 e. The predicted molar refractivity (Wildman–Crippen MR) is 457 cm³/mol. The van der Waals surface area contributed by atoms with Crippen LogP contribution in [0.1, 0.15) is 164 Å². The average molecular weight is 1480 g/mol. The smallest absolute Gasteiger partial charge is 0.255 e. The molecule has 0 aliphatic heterocycles. The lowest BCUT2D eigenvalue weighted by Gasteiger charge is -2.33. The number of allylic oxidation sites excluding steroid dienone is 16. The first-order chi connectivity index (χ1) is 51.5. The molecule has 16 bridgehead atoms. The summed E-state index contributed by atoms with van der Waals surface area (Å²) >= 11 is 0. The highest BCUT2D eigenvalue weighted by Crippen LogP contribution is 2.51. The van der Waals surface area contributed by atoms with Crippen LogP contribution in [-0.2, 0) is 13.3 Å². The second-order valence-electron chi connectivity index (χ2n) is 37.3. The van der Waals surface area contributed by atoms with Crippen LogP contribution in [0.3, 0.4) is 0 Å². The molecule has 572 valence electrons. The minimum atomic E-state index is -2.14. The van der Waals surface area contributed by atoms with E-state index in [1.165, 1.54) is 136 Å². The first-order valence-electron chi connectivity index (χ1n) is 43.7. The van der Waals surface area contributed by atoms with Gasteiger partial charge in [0.1, 0.15) is 0 Å². The zero-order valence-electron chi connectivity index (χ0n) is 67.4. The van der Waals surface area contributed by atoms with Crippen molar-refractivity contribution in [1.29, 1.82) is 0 Å². The molecular weight excluding hydrogens is 1340 g/mol. The summed E-state index contributed by atoms with van der Waals surface area (Å²) in [5.41, 5.74) is 0. The topological polar surface area (TPSA) is 47.9 Å². The molecule has 8 saturated carbocycles. The van der Waals surface area contributed by atoms with Crippen molar-refractivity contribution in [3.05, 3.63) is 219 Å². The van der Waals surface area contributed by atoms with Gasteiger partial charge in [0.15, 0.2) is 0 Å². The lowest BCUT2D eigenvalue weighted by atomic mass is 9.82. The van der Waals surface area contributed by atoms with E-state index in [4.69, 9.17) is 18.4 Å². The van der Waals surface area contributed by atoms with Crippen molar-refractivity contribution < 1.29 is 18.4 Å². The third-order valence-corrected chi connectivity index (χ3v) is 40.5. The molecule has 4 aromatic rings. The minimum absolute atomic E-state index is 0.393. The molecule has 0 spiro atoms. The molecule has 20 rings (SSSR count). The normalized spacial score (nSPS) is 37.0. The van der Waals surface area contributed by atoms with Crippen molar-refractivity contribution in [1.82, 2.24) is 0 Å². The lowest BCUT2D eigenvalue weighted by molar-refractivity contribution is 0.161. The van der Waals surface area contributed by atoms with Crippen molar-refractivity contribution in [3.8, 4) is 0 Å². The Kier molecular flexibility index (Phi) is 27.8. The Bertz CT molecular complexity index is 3460. The van der Waals surface area contributed by atoms with Gasteiger partial charge in [-0.15, -0.1) is 0 Å². The van der Waals surface area contributed by atoms with E-state index in [1.54, 1.807) is 0 Å². The van der Waals surface area contributed by atoms with Gasteiger partial charge in [0.2, 0.25) is 16.6 Å². The molecule has 4 aromatic carbocycles. The Labute approximate surface area is 648 Å². The SMILES string of the molecule is CC1CC2C=CC1C2.CC1CC2C=CC1C2.CC1CC2C=CC1C2.CCCC1CC2C=CC1C2.CC[C@H]1C2C=CC(C2)[C@H]1CO.CC[Si](C)(OCC1CC2C=CC1C2)c1ccccc1.CC[Si](OCC1CC2C=CC1C2)(c1ccccc1)c1ccccc1.C[Si](C)(OCC1CC2C=CC1C2)c1ccccc1. The molecule has 16 aliphatic carbocycles. The molecular formula is C99H140O4Si3. The van der Waals surface area contributed by atoms with Crippen LogP contribution in [0.4, 0.5) is 0 Å². The number of fused-ring (bicyclic) bond motifs is 16. The zero-order chi connectivity index (χ0) is 73.8. The van der Waals surface area contributed by atoms with Gasteiger partial charge < -0.3 is 18.4 Å². The molecule has 26 atom stereocenters. The zero-order valence-corrected chi connectivity index (χ0v) is 70.4. The van der Waals surface area contributed by atoms with Gasteiger partial charge in [-0.1, -0.05) is 286 Å². The quantitative estimate of drug-likeness (QED) is 0.0751. The van der Waals surface area contributed by atoms with E-state index in [0.717, 1.165) is 162 Å². The molecule has 0 saturated heterocycles. The lowest BCUT2D eigenvalue weighted by Crippen LogP contribution is -2.60. The number of aliphatic hydroxyl groups excluding tert-OH is 1. The third-order valence-electron chi connectivity index (χ3n) is 30.0. The Morgan fingerprint density at radius 2 is 0.632 bits per heavy atom. The highest BCUT2D eigenvalue weighted by Gasteiger charge is 2.45. The number of rotatable bonds is 19. The van der Waals surface area contributed by atoms with Crippen LogP contribution in [0, 0.1) is 148 Å². The highest BCUT2D eigenvalue weighted by molar-refractivity contribution is 6.97. The summed E-state index contributed by atoms with van der Waals surface area (Å²) in [7, 11) is -5.56. The summed E-state index contributed by atoms with van der Waals surface area (Å²) in [6.07, 6.45) is 63.7. The van der Waals surface area contributed by atoms with Crippen LogP contribution in [-0.4, -0.2) is 56.5 Å². The molecule has 106 heavy (non-hydrogen) atoms. The summed E-state index contributed by atoms with van der Waals surface area (Å²) in [4.78, 5) is 0. The summed E-state index contributed by atoms with van der Waals surface area (Å²) in [6.45, 7) is 26.4. The van der Waals surface area contributed by atoms with Crippen LogP contribution in [0.15, 0.2) is 219 Å². The van der Waals surface area contributed by atoms with Gasteiger partial charge in [-0.05, 0) is 297 Å². The first-order valence-corrected chi connectivity index (χ1v) is 51.4. The molecule has 0 radical (unpaired) electrons. The molecule has 24 unspecified atom stereocenters. The maximum absolute atomic E-state index is 9.16. The standard InChI is InChI=1S/C22H26OSi.C17H24OSi.C16H22OSi.C10H16O.C10H16.3C8H12/c1-2-24(21-9-5-3-6-10-21,22-11-7-4-8-12-22)23-17-20-16-18-13-14-19(20)15-18;1-3-19(2,17-7-5-4-6-8-17)18-13-16-12-14-9-10-15(16)11-14;1-18(2,16-6-4-3-5-7-16)17-12-15-11-13-8-9-14(15)10-13;1-2-9-7-3-4-8(5-7)10(9)6-11;1-2-3-9-6-8-4-5-10(9)7-8;3*1-6-4-7-2-3-8(6)5-7/h3-14,18-20H,2,15-17H2,1H3;4-10,14-16H,3,11-13H2,1-2H3;3-9,13-15H,10-12H2,1-2H3;3-4,7-11H,2,5-6H2,1H3;4-5,8-10H,2-3,6-7H2,1H3;3*2-3,6-8H,4-5H2,1H3/t;;;7?,8?,9-,10+;;;;/m...0..../s1. The predicted octanol–water partition coefficient (Wildman–Crippen LogP) is 22.5. The van der Waals surface area contributed by atoms with E-state index in [2.05, 4.69) is 287 Å². The van der Waals surface area contributed by atoms with Gasteiger partial charge >= 0.3 is 0 Å². The van der Waals surface area contributed by atoms with Crippen molar-refractivity contribution in [3.63, 3.8) is 0 Å². The molecule has 0 aromatic heterocycles. The number of hydrogen-bond donors (Lipinski definition) is 1. The molecule has 1 N–H and O–H groups in total. The van der Waals surface area contributed by atoms with Gasteiger partial charge in [0.05, 0.1) is 0 Å². The second kappa shape index (κ2) is 37.1. The maximum atomic E-state index is 9.16. The Morgan fingerprint density at radius 1 is 0.311 bits per heavy atom. The number of aliphatic hydroxyl groups is 1. The highest BCUT2D eigenvalue weighted by atomic mass is 28.4. The Hall–Kier alpha value is -4.71. The van der Waals surface area contributed by atoms with Gasteiger partial charge in [-0.25, -0.2) is 0 Å². The van der Waals surface area contributed by atoms with Crippen LogP contribution < -0.4 is 20.7 Å². The van der Waals surface area contributed by atoms with E-state index in [-0.39, 0.29) is 0 Å². The maximum Gasteiger partial charge on any atom is 0.255 e. The summed E-state index contributed by atoms with van der Waals surface area (Å²) in [6, 6.07) is 45.7. The van der Waals surface area contributed by atoms with Gasteiger partial charge in [-0.2, -0.15) is 0 Å².